The quantitative estimate of drug-likeness (QED) is 0.501. The van der Waals surface area contributed by atoms with Crippen LogP contribution in [0.4, 0.5) is 11.4 Å². The summed E-state index contributed by atoms with van der Waals surface area (Å²) >= 11 is 6.22. The molecule has 1 aromatic carbocycles. The van der Waals surface area contributed by atoms with Gasteiger partial charge in [0, 0.05) is 6.07 Å². The van der Waals surface area contributed by atoms with Crippen molar-refractivity contribution in [2.24, 2.45) is 0 Å². The lowest BCUT2D eigenvalue weighted by molar-refractivity contribution is -0.384. The van der Waals surface area contributed by atoms with Gasteiger partial charge < -0.3 is 5.11 Å². The summed E-state index contributed by atoms with van der Waals surface area (Å²) in [5.74, 6) is -0.240. The van der Waals surface area contributed by atoms with Crippen molar-refractivity contribution in [2.75, 3.05) is 4.72 Å². The maximum Gasteiger partial charge on any atom is 0.300 e. The van der Waals surface area contributed by atoms with Gasteiger partial charge in [0.25, 0.3) is 15.7 Å². The van der Waals surface area contributed by atoms with Crippen molar-refractivity contribution in [2.45, 2.75) is 11.1 Å². The molecular weight excluding hydrogens is 340 g/mol. The van der Waals surface area contributed by atoms with Gasteiger partial charge in [0.15, 0.2) is 4.34 Å². The number of phenolic OH excluding ortho intramolecular Hbond substituents is 1. The number of rotatable bonds is 4. The highest BCUT2D eigenvalue weighted by molar-refractivity contribution is 7.94. The second-order valence-electron chi connectivity index (χ2n) is 4.06. The number of para-hydroxylation sites is 1. The molecule has 0 saturated carbocycles. The number of nitrogens with zero attached hydrogens (tertiary/aromatic N) is 1. The molecule has 2 N–H and O–H groups in total. The molecule has 2 aromatic rings. The number of aromatic hydroxyl groups is 1. The number of halogens is 1. The standard InChI is InChI=1S/C11H9ClN2O5S2/c1-6-3-2-4-8(15)10(6)13-21(18,19)9-5-7(14(16)17)11(12)20-9/h2-5,13,15H,1H3. The Morgan fingerprint density at radius 1 is 1.43 bits per heavy atom. The average molecular weight is 349 g/mol. The van der Waals surface area contributed by atoms with Gasteiger partial charge in [-0.05, 0) is 18.6 Å². The third kappa shape index (κ3) is 3.09. The van der Waals surface area contributed by atoms with Crippen LogP contribution in [0.25, 0.3) is 0 Å². The van der Waals surface area contributed by atoms with Crippen LogP contribution in [0.5, 0.6) is 5.75 Å². The van der Waals surface area contributed by atoms with E-state index in [1.54, 1.807) is 19.1 Å². The number of benzene rings is 1. The van der Waals surface area contributed by atoms with Crippen molar-refractivity contribution in [1.29, 1.82) is 0 Å². The zero-order chi connectivity index (χ0) is 15.8. The van der Waals surface area contributed by atoms with E-state index in [1.165, 1.54) is 6.07 Å². The van der Waals surface area contributed by atoms with Crippen molar-refractivity contribution < 1.29 is 18.4 Å². The molecule has 0 bridgehead atoms. The molecule has 10 heteroatoms. The Balaban J connectivity index is 2.44. The Kier molecular flexibility index (Phi) is 4.08. The van der Waals surface area contributed by atoms with Gasteiger partial charge in [-0.3, -0.25) is 14.8 Å². The first-order chi connectivity index (χ1) is 9.72. The number of nitro groups is 1. The average Bonchev–Trinajstić information content (AvgIpc) is 2.77. The van der Waals surface area contributed by atoms with Crippen LogP contribution in [-0.4, -0.2) is 18.4 Å². The number of nitrogens with one attached hydrogen (secondary N) is 1. The van der Waals surface area contributed by atoms with Crippen LogP contribution < -0.4 is 4.72 Å². The molecule has 0 aliphatic rings. The summed E-state index contributed by atoms with van der Waals surface area (Å²) in [6.07, 6.45) is 0. The van der Waals surface area contributed by atoms with E-state index in [-0.39, 0.29) is 20.0 Å². The highest BCUT2D eigenvalue weighted by Crippen LogP contribution is 2.38. The number of thiophene rings is 1. The third-order valence-corrected chi connectivity index (χ3v) is 5.76. The first kappa shape index (κ1) is 15.5. The van der Waals surface area contributed by atoms with Gasteiger partial charge in [-0.1, -0.05) is 23.7 Å². The van der Waals surface area contributed by atoms with Gasteiger partial charge in [0.1, 0.15) is 9.96 Å². The lowest BCUT2D eigenvalue weighted by atomic mass is 10.2. The number of phenols is 1. The van der Waals surface area contributed by atoms with E-state index < -0.39 is 20.6 Å². The minimum absolute atomic E-state index is 0.0182. The molecule has 1 aromatic heterocycles. The molecule has 0 unspecified atom stereocenters. The van der Waals surface area contributed by atoms with Crippen LogP contribution in [-0.2, 0) is 10.0 Å². The predicted molar refractivity (Wildman–Crippen MR) is 79.6 cm³/mol. The topological polar surface area (TPSA) is 110 Å². The van der Waals surface area contributed by atoms with Crippen LogP contribution in [0, 0.1) is 17.0 Å². The minimum atomic E-state index is -4.07. The van der Waals surface area contributed by atoms with E-state index in [9.17, 15) is 23.6 Å². The number of hydrogen-bond acceptors (Lipinski definition) is 6. The van der Waals surface area contributed by atoms with E-state index in [0.717, 1.165) is 6.07 Å². The van der Waals surface area contributed by atoms with Crippen LogP contribution in [0.2, 0.25) is 4.34 Å². The second kappa shape index (κ2) is 5.51. The fourth-order valence-corrected chi connectivity index (χ4v) is 4.38. The van der Waals surface area contributed by atoms with Crippen LogP contribution in [0.3, 0.4) is 0 Å². The zero-order valence-electron chi connectivity index (χ0n) is 10.5. The van der Waals surface area contributed by atoms with Crippen molar-refractivity contribution in [3.8, 4) is 5.75 Å². The highest BCUT2D eigenvalue weighted by atomic mass is 35.5. The van der Waals surface area contributed by atoms with Crippen LogP contribution in [0.1, 0.15) is 5.56 Å². The molecule has 2 rings (SSSR count). The van der Waals surface area contributed by atoms with E-state index in [0.29, 0.717) is 16.9 Å². The molecule has 0 aliphatic heterocycles. The van der Waals surface area contributed by atoms with Gasteiger partial charge in [-0.15, -0.1) is 11.3 Å². The molecule has 7 nitrogen and oxygen atoms in total. The Bertz CT molecular complexity index is 796. The second-order valence-corrected chi connectivity index (χ2v) is 7.62. The lowest BCUT2D eigenvalue weighted by Crippen LogP contribution is -2.12. The van der Waals surface area contributed by atoms with Gasteiger partial charge in [-0.2, -0.15) is 0 Å². The van der Waals surface area contributed by atoms with Crippen LogP contribution in [0.15, 0.2) is 28.5 Å². The van der Waals surface area contributed by atoms with Crippen molar-refractivity contribution >= 4 is 44.3 Å². The first-order valence-corrected chi connectivity index (χ1v) is 8.15. The molecule has 0 saturated heterocycles. The molecule has 0 atom stereocenters. The van der Waals surface area contributed by atoms with Gasteiger partial charge in [0.05, 0.1) is 10.6 Å². The summed E-state index contributed by atoms with van der Waals surface area (Å²) < 4.78 is 26.1. The Hall–Kier alpha value is -1.84. The van der Waals surface area contributed by atoms with Gasteiger partial charge in [0.2, 0.25) is 0 Å². The highest BCUT2D eigenvalue weighted by Gasteiger charge is 2.26. The number of anilines is 1. The summed E-state index contributed by atoms with van der Waals surface area (Å²) in [5.41, 5.74) is 0.0523. The minimum Gasteiger partial charge on any atom is -0.506 e. The van der Waals surface area contributed by atoms with Crippen molar-refractivity contribution in [3.05, 3.63) is 44.3 Å². The Morgan fingerprint density at radius 2 is 2.10 bits per heavy atom. The number of sulfonamides is 1. The zero-order valence-corrected chi connectivity index (χ0v) is 12.9. The first-order valence-electron chi connectivity index (χ1n) is 5.47. The molecule has 0 aliphatic carbocycles. The van der Waals surface area contributed by atoms with E-state index in [1.807, 2.05) is 0 Å². The molecule has 0 radical (unpaired) electrons. The Labute approximate surface area is 129 Å². The summed E-state index contributed by atoms with van der Waals surface area (Å²) in [6.45, 7) is 1.61. The largest absolute Gasteiger partial charge is 0.506 e. The molecule has 0 spiro atoms. The third-order valence-electron chi connectivity index (χ3n) is 2.59. The SMILES string of the molecule is Cc1cccc(O)c1NS(=O)(=O)c1cc([N+](=O)[O-])c(Cl)s1. The normalized spacial score (nSPS) is 11.3. The molecule has 0 amide bonds. The van der Waals surface area contributed by atoms with Crippen LogP contribution >= 0.6 is 22.9 Å². The van der Waals surface area contributed by atoms with Gasteiger partial charge in [-0.25, -0.2) is 8.42 Å². The maximum atomic E-state index is 12.2. The molecule has 112 valence electrons. The summed E-state index contributed by atoms with van der Waals surface area (Å²) in [6, 6.07) is 5.39. The Morgan fingerprint density at radius 3 is 2.62 bits per heavy atom. The summed E-state index contributed by atoms with van der Waals surface area (Å²) in [4.78, 5) is 9.94. The maximum absolute atomic E-state index is 12.2. The predicted octanol–water partition coefficient (Wildman–Crippen LogP) is 3.12. The molecular formula is C11H9ClN2O5S2. The summed E-state index contributed by atoms with van der Waals surface area (Å²) in [5, 5.41) is 20.4. The van der Waals surface area contributed by atoms with E-state index >= 15 is 0 Å². The fraction of sp³-hybridized carbons (Fsp3) is 0.0909. The fourth-order valence-electron chi connectivity index (χ4n) is 1.57. The van der Waals surface area contributed by atoms with Crippen molar-refractivity contribution in [3.63, 3.8) is 0 Å². The number of aryl methyl sites for hydroxylation is 1. The smallest absolute Gasteiger partial charge is 0.300 e. The van der Waals surface area contributed by atoms with Gasteiger partial charge >= 0.3 is 0 Å². The molecule has 1 heterocycles. The lowest BCUT2D eigenvalue weighted by Gasteiger charge is -2.10. The molecule has 21 heavy (non-hydrogen) atoms. The monoisotopic (exact) mass is 348 g/mol. The summed E-state index contributed by atoms with van der Waals surface area (Å²) in [7, 11) is -4.07. The molecule has 0 fully saturated rings. The van der Waals surface area contributed by atoms with E-state index in [2.05, 4.69) is 4.72 Å². The van der Waals surface area contributed by atoms with E-state index in [4.69, 9.17) is 11.6 Å². The van der Waals surface area contributed by atoms with Crippen molar-refractivity contribution in [1.82, 2.24) is 0 Å². The number of hydrogen-bond donors (Lipinski definition) is 2.